The lowest BCUT2D eigenvalue weighted by Gasteiger charge is -2.36. The van der Waals surface area contributed by atoms with Crippen molar-refractivity contribution < 1.29 is 18.9 Å². The molecule has 0 unspecified atom stereocenters. The Kier molecular flexibility index (Phi) is 7.21. The van der Waals surface area contributed by atoms with Crippen LogP contribution in [-0.2, 0) is 0 Å². The standard InChI is InChI=1S/C24H27N7O4/c1-32-19-6-5-16(11-20(19)33-2)29-24(26-14-25)31-9-7-30(8-10-31)23-17-12-21(34-3)22(35-4)13-18(17)27-15-28-23/h5-6,11-13,15H,7-10H2,1-4H3,(H,26,29). The van der Waals surface area contributed by atoms with Gasteiger partial charge in [-0.05, 0) is 18.2 Å². The summed E-state index contributed by atoms with van der Waals surface area (Å²) in [6, 6.07) is 9.11. The molecule has 11 heteroatoms. The van der Waals surface area contributed by atoms with Gasteiger partial charge >= 0.3 is 0 Å². The van der Waals surface area contributed by atoms with Gasteiger partial charge in [-0.1, -0.05) is 0 Å². The van der Waals surface area contributed by atoms with Gasteiger partial charge in [-0.2, -0.15) is 5.26 Å². The number of ether oxygens (including phenoxy) is 4. The third kappa shape index (κ3) is 4.91. The van der Waals surface area contributed by atoms with Crippen LogP contribution < -0.4 is 29.2 Å². The number of guanidine groups is 1. The number of aromatic nitrogens is 2. The summed E-state index contributed by atoms with van der Waals surface area (Å²) in [4.78, 5) is 17.8. The van der Waals surface area contributed by atoms with Crippen molar-refractivity contribution in [3.8, 4) is 29.2 Å². The van der Waals surface area contributed by atoms with Gasteiger partial charge in [0.2, 0.25) is 5.96 Å². The van der Waals surface area contributed by atoms with E-state index in [0.29, 0.717) is 60.8 Å². The second-order valence-corrected chi connectivity index (χ2v) is 7.61. The number of benzene rings is 2. The smallest absolute Gasteiger partial charge is 0.212 e. The molecule has 0 saturated carbocycles. The van der Waals surface area contributed by atoms with Crippen LogP contribution in [-0.4, -0.2) is 75.4 Å². The van der Waals surface area contributed by atoms with Crippen LogP contribution in [0.25, 0.3) is 10.9 Å². The van der Waals surface area contributed by atoms with E-state index in [4.69, 9.17) is 18.9 Å². The second-order valence-electron chi connectivity index (χ2n) is 7.61. The van der Waals surface area contributed by atoms with Gasteiger partial charge < -0.3 is 28.7 Å². The summed E-state index contributed by atoms with van der Waals surface area (Å²) in [5.74, 6) is 3.71. The molecule has 1 fully saturated rings. The topological polar surface area (TPSA) is 117 Å². The SMILES string of the molecule is COc1ccc(N=C(NC#N)N2CCN(c3ncnc4cc(OC)c(OC)cc34)CC2)cc1OC. The first-order valence-electron chi connectivity index (χ1n) is 10.9. The highest BCUT2D eigenvalue weighted by Gasteiger charge is 2.23. The molecule has 4 rings (SSSR count). The fraction of sp³-hybridized carbons (Fsp3) is 0.333. The van der Waals surface area contributed by atoms with Crippen molar-refractivity contribution in [2.75, 3.05) is 59.5 Å². The molecule has 2 aromatic carbocycles. The fourth-order valence-electron chi connectivity index (χ4n) is 4.00. The number of aliphatic imine (C=N–C) groups is 1. The van der Waals surface area contributed by atoms with Gasteiger partial charge in [0.15, 0.2) is 29.2 Å². The van der Waals surface area contributed by atoms with E-state index in [9.17, 15) is 5.26 Å². The zero-order valence-electron chi connectivity index (χ0n) is 20.1. The Balaban J connectivity index is 1.56. The summed E-state index contributed by atoms with van der Waals surface area (Å²) in [6.07, 6.45) is 3.54. The Bertz CT molecular complexity index is 1270. The predicted octanol–water partition coefficient (Wildman–Crippen LogP) is 2.54. The molecule has 1 N–H and O–H groups in total. The summed E-state index contributed by atoms with van der Waals surface area (Å²) < 4.78 is 21.5. The molecule has 0 aliphatic carbocycles. The Labute approximate surface area is 203 Å². The molecule has 1 saturated heterocycles. The summed E-state index contributed by atoms with van der Waals surface area (Å²) >= 11 is 0. The maximum Gasteiger partial charge on any atom is 0.212 e. The van der Waals surface area contributed by atoms with Gasteiger partial charge in [-0.25, -0.2) is 15.0 Å². The first-order valence-corrected chi connectivity index (χ1v) is 10.9. The third-order valence-corrected chi connectivity index (χ3v) is 5.77. The minimum atomic E-state index is 0.471. The largest absolute Gasteiger partial charge is 0.493 e. The quantitative estimate of drug-likeness (QED) is 0.246. The zero-order valence-corrected chi connectivity index (χ0v) is 20.1. The van der Waals surface area contributed by atoms with Crippen LogP contribution in [0.5, 0.6) is 23.0 Å². The lowest BCUT2D eigenvalue weighted by Crippen LogP contribution is -2.52. The monoisotopic (exact) mass is 477 g/mol. The average Bonchev–Trinajstić information content (AvgIpc) is 2.91. The lowest BCUT2D eigenvalue weighted by atomic mass is 10.2. The minimum absolute atomic E-state index is 0.471. The number of nitriles is 1. The van der Waals surface area contributed by atoms with Crippen LogP contribution in [0.15, 0.2) is 41.7 Å². The van der Waals surface area contributed by atoms with Gasteiger partial charge in [0, 0.05) is 43.7 Å². The number of hydrogen-bond donors (Lipinski definition) is 1. The minimum Gasteiger partial charge on any atom is -0.493 e. The van der Waals surface area contributed by atoms with E-state index in [1.54, 1.807) is 46.9 Å². The molecule has 0 bridgehead atoms. The van der Waals surface area contributed by atoms with Crippen LogP contribution in [0.2, 0.25) is 0 Å². The number of nitrogens with zero attached hydrogens (tertiary/aromatic N) is 6. The molecule has 11 nitrogen and oxygen atoms in total. The molecule has 0 radical (unpaired) electrons. The van der Waals surface area contributed by atoms with Crippen molar-refractivity contribution in [3.63, 3.8) is 0 Å². The number of nitrogens with one attached hydrogen (secondary N) is 1. The zero-order chi connectivity index (χ0) is 24.8. The number of fused-ring (bicyclic) bond motifs is 1. The van der Waals surface area contributed by atoms with E-state index in [2.05, 4.69) is 25.2 Å². The van der Waals surface area contributed by atoms with Crippen molar-refractivity contribution in [1.82, 2.24) is 20.2 Å². The Morgan fingerprint density at radius 3 is 2.20 bits per heavy atom. The van der Waals surface area contributed by atoms with E-state index in [-0.39, 0.29) is 0 Å². The highest BCUT2D eigenvalue weighted by Crippen LogP contribution is 2.35. The number of rotatable bonds is 6. The van der Waals surface area contributed by atoms with Crippen molar-refractivity contribution in [3.05, 3.63) is 36.7 Å². The van der Waals surface area contributed by atoms with Gasteiger partial charge in [-0.3, -0.25) is 5.32 Å². The highest BCUT2D eigenvalue weighted by molar-refractivity contribution is 5.92. The Hall–Kier alpha value is -4.46. The maximum atomic E-state index is 9.31. The fourth-order valence-corrected chi connectivity index (χ4v) is 4.00. The number of piperazine rings is 1. The van der Waals surface area contributed by atoms with Crippen LogP contribution >= 0.6 is 0 Å². The summed E-state index contributed by atoms with van der Waals surface area (Å²) in [5.41, 5.74) is 1.42. The molecule has 0 atom stereocenters. The van der Waals surface area contributed by atoms with Gasteiger partial charge in [-0.15, -0.1) is 0 Å². The average molecular weight is 478 g/mol. The first kappa shape index (κ1) is 23.7. The molecule has 182 valence electrons. The summed E-state index contributed by atoms with van der Waals surface area (Å²) in [5, 5.41) is 12.9. The molecule has 1 aliphatic heterocycles. The highest BCUT2D eigenvalue weighted by atomic mass is 16.5. The van der Waals surface area contributed by atoms with Crippen molar-refractivity contribution in [2.24, 2.45) is 4.99 Å². The number of hydrogen-bond acceptors (Lipinski definition) is 9. The molecule has 1 aromatic heterocycles. The summed E-state index contributed by atoms with van der Waals surface area (Å²) in [6.45, 7) is 2.64. The van der Waals surface area contributed by atoms with Gasteiger partial charge in [0.1, 0.15) is 12.1 Å². The molecule has 0 amide bonds. The van der Waals surface area contributed by atoms with Crippen LogP contribution in [0, 0.1) is 11.5 Å². The van der Waals surface area contributed by atoms with E-state index in [1.807, 2.05) is 29.3 Å². The Morgan fingerprint density at radius 2 is 1.54 bits per heavy atom. The predicted molar refractivity (Wildman–Crippen MR) is 132 cm³/mol. The van der Waals surface area contributed by atoms with Crippen molar-refractivity contribution in [1.29, 1.82) is 5.26 Å². The second kappa shape index (κ2) is 10.6. The van der Waals surface area contributed by atoms with Crippen molar-refractivity contribution >= 4 is 28.4 Å². The first-order chi connectivity index (χ1) is 17.1. The van der Waals surface area contributed by atoms with E-state index < -0.39 is 0 Å². The van der Waals surface area contributed by atoms with Crippen LogP contribution in [0.3, 0.4) is 0 Å². The van der Waals surface area contributed by atoms with E-state index >= 15 is 0 Å². The lowest BCUT2D eigenvalue weighted by molar-refractivity contribution is 0.355. The van der Waals surface area contributed by atoms with E-state index in [1.165, 1.54) is 0 Å². The van der Waals surface area contributed by atoms with Crippen LogP contribution in [0.4, 0.5) is 11.5 Å². The van der Waals surface area contributed by atoms with E-state index in [0.717, 1.165) is 16.7 Å². The van der Waals surface area contributed by atoms with Gasteiger partial charge in [0.25, 0.3) is 0 Å². The summed E-state index contributed by atoms with van der Waals surface area (Å²) in [7, 11) is 6.35. The van der Waals surface area contributed by atoms with Crippen LogP contribution in [0.1, 0.15) is 0 Å². The number of methoxy groups -OCH3 is 4. The molecule has 0 spiro atoms. The molecular weight excluding hydrogens is 450 g/mol. The maximum absolute atomic E-state index is 9.31. The molecule has 3 aromatic rings. The normalized spacial score (nSPS) is 13.9. The van der Waals surface area contributed by atoms with Crippen molar-refractivity contribution in [2.45, 2.75) is 0 Å². The van der Waals surface area contributed by atoms with Gasteiger partial charge in [0.05, 0.1) is 39.6 Å². The molecule has 35 heavy (non-hydrogen) atoms. The molecule has 2 heterocycles. The Morgan fingerprint density at radius 1 is 0.886 bits per heavy atom. The number of anilines is 1. The molecule has 1 aliphatic rings. The third-order valence-electron chi connectivity index (χ3n) is 5.77. The molecular formula is C24H27N7O4.